The van der Waals surface area contributed by atoms with Gasteiger partial charge in [0.05, 0.1) is 6.26 Å². The number of fused-ring (bicyclic) bond motifs is 3. The van der Waals surface area contributed by atoms with Crippen LogP contribution in [0.2, 0.25) is 0 Å². The minimum Gasteiger partial charge on any atom is -0.464 e. The maximum absolute atomic E-state index is 5.37. The Morgan fingerprint density at radius 1 is 1.42 bits per heavy atom. The normalized spacial score (nSPS) is 18.3. The molecule has 1 aromatic rings. The first kappa shape index (κ1) is 6.00. The third-order valence-electron chi connectivity index (χ3n) is 2.20. The molecule has 0 spiro atoms. The second-order valence-corrected chi connectivity index (χ2v) is 2.99. The highest BCUT2D eigenvalue weighted by Gasteiger charge is 2.11. The van der Waals surface area contributed by atoms with E-state index < -0.39 is 0 Å². The van der Waals surface area contributed by atoms with Gasteiger partial charge in [0.15, 0.2) is 0 Å². The summed E-state index contributed by atoms with van der Waals surface area (Å²) in [6.07, 6.45) is 8.56. The lowest BCUT2D eigenvalue weighted by Crippen LogP contribution is -2.29. The molecule has 0 amide bonds. The molecule has 1 aliphatic heterocycles. The van der Waals surface area contributed by atoms with Crippen LogP contribution in [0.5, 0.6) is 0 Å². The first-order chi connectivity index (χ1) is 5.93. The Balaban J connectivity index is 2.57. The van der Waals surface area contributed by atoms with Crippen molar-refractivity contribution < 1.29 is 4.42 Å². The fourth-order valence-electron chi connectivity index (χ4n) is 1.64. The predicted octanol–water partition coefficient (Wildman–Crippen LogP) is 0.583. The average Bonchev–Trinajstić information content (AvgIpc) is 2.53. The minimum absolute atomic E-state index is 0.914. The minimum atomic E-state index is 0.914. The molecule has 0 fully saturated rings. The van der Waals surface area contributed by atoms with Gasteiger partial charge >= 0.3 is 0 Å². The van der Waals surface area contributed by atoms with Crippen molar-refractivity contribution in [1.29, 1.82) is 0 Å². The summed E-state index contributed by atoms with van der Waals surface area (Å²) in [6.45, 7) is 0. The standard InChI is InChI=1S/C10H7NO/c1-3-11-9-5-7(1)10-8(6-9)2-4-12-10/h1-4,6H,5H2. The smallest absolute Gasteiger partial charge is 0.137 e. The Morgan fingerprint density at radius 2 is 2.42 bits per heavy atom. The van der Waals surface area contributed by atoms with Crippen LogP contribution in [-0.4, -0.2) is 5.71 Å². The van der Waals surface area contributed by atoms with Gasteiger partial charge < -0.3 is 4.42 Å². The van der Waals surface area contributed by atoms with E-state index in [9.17, 15) is 0 Å². The molecule has 2 nitrogen and oxygen atoms in total. The Hall–Kier alpha value is -1.57. The van der Waals surface area contributed by atoms with Crippen LogP contribution in [-0.2, 0) is 0 Å². The van der Waals surface area contributed by atoms with Gasteiger partial charge in [-0.05, 0) is 18.2 Å². The number of hydrogen-bond acceptors (Lipinski definition) is 2. The molecule has 0 N–H and O–H groups in total. The van der Waals surface area contributed by atoms with Gasteiger partial charge in [-0.25, -0.2) is 0 Å². The van der Waals surface area contributed by atoms with E-state index in [0.29, 0.717) is 0 Å². The number of nitrogens with zero attached hydrogens (tertiary/aromatic N) is 1. The zero-order valence-corrected chi connectivity index (χ0v) is 6.45. The van der Waals surface area contributed by atoms with E-state index in [1.165, 1.54) is 5.57 Å². The molecule has 0 unspecified atom stereocenters. The van der Waals surface area contributed by atoms with E-state index in [-0.39, 0.29) is 0 Å². The summed E-state index contributed by atoms with van der Waals surface area (Å²) in [5.41, 5.74) is 3.37. The van der Waals surface area contributed by atoms with Crippen molar-refractivity contribution >= 4 is 17.4 Å². The second-order valence-electron chi connectivity index (χ2n) is 2.99. The van der Waals surface area contributed by atoms with E-state index in [4.69, 9.17) is 4.42 Å². The summed E-state index contributed by atoms with van der Waals surface area (Å²) in [5, 5.41) is 1.15. The Bertz CT molecular complexity index is 502. The molecule has 2 aliphatic rings. The quantitative estimate of drug-likeness (QED) is 0.541. The molecule has 2 heterocycles. The van der Waals surface area contributed by atoms with Gasteiger partial charge in [0.1, 0.15) is 5.42 Å². The van der Waals surface area contributed by atoms with Crippen LogP contribution in [0.15, 0.2) is 34.0 Å². The zero-order chi connectivity index (χ0) is 7.97. The number of hydrogen-bond donors (Lipinski definition) is 0. The highest BCUT2D eigenvalue weighted by molar-refractivity contribution is 6.16. The van der Waals surface area contributed by atoms with Gasteiger partial charge in [0.25, 0.3) is 0 Å². The van der Waals surface area contributed by atoms with Crippen LogP contribution < -0.4 is 10.6 Å². The third-order valence-corrected chi connectivity index (χ3v) is 2.20. The lowest BCUT2D eigenvalue weighted by atomic mass is 10.0. The van der Waals surface area contributed by atoms with E-state index >= 15 is 0 Å². The molecule has 0 radical (unpaired) electrons. The van der Waals surface area contributed by atoms with Crippen molar-refractivity contribution in [3.05, 3.63) is 35.2 Å². The Kier molecular flexibility index (Phi) is 0.987. The summed E-state index contributed by atoms with van der Waals surface area (Å²) in [7, 11) is 0. The molecule has 2 bridgehead atoms. The molecule has 12 heavy (non-hydrogen) atoms. The van der Waals surface area contributed by atoms with Crippen LogP contribution in [0, 0.1) is 0 Å². The second kappa shape index (κ2) is 1.97. The zero-order valence-electron chi connectivity index (χ0n) is 6.45. The average molecular weight is 157 g/mol. The van der Waals surface area contributed by atoms with Crippen molar-refractivity contribution in [2.24, 2.45) is 4.99 Å². The molecule has 1 aliphatic carbocycles. The maximum atomic E-state index is 5.37. The molecular formula is C10H7NO. The van der Waals surface area contributed by atoms with E-state index in [1.54, 1.807) is 6.26 Å². The fraction of sp³-hybridized carbons (Fsp3) is 0.100. The van der Waals surface area contributed by atoms with Crippen molar-refractivity contribution in [3.8, 4) is 0 Å². The Labute approximate surface area is 69.2 Å². The summed E-state index contributed by atoms with van der Waals surface area (Å²) in [5.74, 6) is 0. The third kappa shape index (κ3) is 0.666. The van der Waals surface area contributed by atoms with Crippen molar-refractivity contribution in [2.75, 3.05) is 0 Å². The fourth-order valence-corrected chi connectivity index (χ4v) is 1.64. The molecule has 58 valence electrons. The number of allylic oxidation sites excluding steroid dienone is 1. The summed E-state index contributed by atoms with van der Waals surface area (Å²) >= 11 is 0. The monoisotopic (exact) mass is 157 g/mol. The number of aliphatic imine (C=N–C) groups is 1. The number of rotatable bonds is 0. The molecular weight excluding hydrogens is 150 g/mol. The summed E-state index contributed by atoms with van der Waals surface area (Å²) in [4.78, 5) is 4.25. The number of furan rings is 1. The first-order valence-corrected chi connectivity index (χ1v) is 3.95. The highest BCUT2D eigenvalue weighted by atomic mass is 16.3. The molecule has 0 aromatic carbocycles. The van der Waals surface area contributed by atoms with Gasteiger partial charge in [0, 0.05) is 29.1 Å². The van der Waals surface area contributed by atoms with Gasteiger partial charge in [0.2, 0.25) is 0 Å². The van der Waals surface area contributed by atoms with Gasteiger partial charge in [-0.2, -0.15) is 0 Å². The molecule has 1 aromatic heterocycles. The largest absolute Gasteiger partial charge is 0.464 e. The lowest BCUT2D eigenvalue weighted by Gasteiger charge is -2.08. The van der Waals surface area contributed by atoms with Crippen LogP contribution in [0.1, 0.15) is 6.42 Å². The van der Waals surface area contributed by atoms with E-state index in [2.05, 4.69) is 11.1 Å². The SMILES string of the molecule is C1=CC2=c3occc3=CC(=N1)C2. The van der Waals surface area contributed by atoms with E-state index in [0.717, 1.165) is 22.8 Å². The van der Waals surface area contributed by atoms with Gasteiger partial charge in [-0.3, -0.25) is 4.99 Å². The van der Waals surface area contributed by atoms with Crippen LogP contribution in [0.25, 0.3) is 11.6 Å². The van der Waals surface area contributed by atoms with Crippen LogP contribution in [0.3, 0.4) is 0 Å². The summed E-state index contributed by atoms with van der Waals surface area (Å²) in [6, 6.07) is 1.98. The molecule has 0 atom stereocenters. The van der Waals surface area contributed by atoms with Crippen LogP contribution in [0.4, 0.5) is 0 Å². The molecule has 3 rings (SSSR count). The van der Waals surface area contributed by atoms with Gasteiger partial charge in [-0.15, -0.1) is 0 Å². The topological polar surface area (TPSA) is 25.5 Å². The van der Waals surface area contributed by atoms with Crippen molar-refractivity contribution in [2.45, 2.75) is 6.42 Å². The van der Waals surface area contributed by atoms with Gasteiger partial charge in [-0.1, -0.05) is 0 Å². The van der Waals surface area contributed by atoms with E-state index in [1.807, 2.05) is 18.3 Å². The predicted molar refractivity (Wildman–Crippen MR) is 47.0 cm³/mol. The molecule has 2 heteroatoms. The maximum Gasteiger partial charge on any atom is 0.137 e. The first-order valence-electron chi connectivity index (χ1n) is 3.95. The van der Waals surface area contributed by atoms with Crippen molar-refractivity contribution in [3.63, 3.8) is 0 Å². The van der Waals surface area contributed by atoms with Crippen molar-refractivity contribution in [1.82, 2.24) is 0 Å². The molecule has 0 saturated heterocycles. The Morgan fingerprint density at radius 3 is 3.42 bits per heavy atom. The highest BCUT2D eigenvalue weighted by Crippen LogP contribution is 2.12. The van der Waals surface area contributed by atoms with Crippen LogP contribution >= 0.6 is 0 Å². The lowest BCUT2D eigenvalue weighted by molar-refractivity contribution is 0.527. The summed E-state index contributed by atoms with van der Waals surface area (Å²) < 4.78 is 5.37. The molecule has 0 saturated carbocycles.